The molecule has 2 amide bonds. The van der Waals surface area contributed by atoms with E-state index >= 15 is 0 Å². The lowest BCUT2D eigenvalue weighted by molar-refractivity contribution is -0.137. The maximum atomic E-state index is 12.7. The molecule has 0 bridgehead atoms. The maximum Gasteiger partial charge on any atom is 0.342 e. The Kier molecular flexibility index (Phi) is 6.62. The number of fused-ring (bicyclic) bond motifs is 1. The molecule has 3 heterocycles. The highest BCUT2D eigenvalue weighted by Gasteiger charge is 2.28. The van der Waals surface area contributed by atoms with Crippen LogP contribution < -0.4 is 5.32 Å². The number of esters is 1. The molecule has 0 radical (unpaired) electrons. The number of benzene rings is 1. The van der Waals surface area contributed by atoms with Gasteiger partial charge in [-0.2, -0.15) is 10.1 Å². The standard InChI is InChI=1S/C23H26N6O4/c1-15(2)20-18(12-24-23-25-14-26-29(20)23)22(32)33-13-19(30)28-10-8-16(9-11-28)21(31)27-17-6-4-3-5-7-17/h3-7,12,14-16H,8-11,13H2,1-2H3,(H,27,31). The number of ether oxygens (including phenoxy) is 1. The number of aromatic nitrogens is 4. The lowest BCUT2D eigenvalue weighted by Gasteiger charge is -2.31. The number of piperidine rings is 1. The number of carbonyl (C=O) groups excluding carboxylic acids is 3. The lowest BCUT2D eigenvalue weighted by Crippen LogP contribution is -2.43. The molecule has 1 fully saturated rings. The van der Waals surface area contributed by atoms with Crippen LogP contribution in [0.25, 0.3) is 5.78 Å². The number of likely N-dealkylation sites (tertiary alicyclic amines) is 1. The molecule has 2 aromatic heterocycles. The molecule has 10 heteroatoms. The zero-order chi connectivity index (χ0) is 23.4. The van der Waals surface area contributed by atoms with Crippen LogP contribution in [-0.2, 0) is 14.3 Å². The molecule has 0 unspecified atom stereocenters. The van der Waals surface area contributed by atoms with Gasteiger partial charge in [0.2, 0.25) is 5.91 Å². The van der Waals surface area contributed by atoms with Gasteiger partial charge in [-0.3, -0.25) is 9.59 Å². The summed E-state index contributed by atoms with van der Waals surface area (Å²) >= 11 is 0. The smallest absolute Gasteiger partial charge is 0.342 e. The summed E-state index contributed by atoms with van der Waals surface area (Å²) in [6.45, 7) is 4.36. The second-order valence-corrected chi connectivity index (χ2v) is 8.27. The molecule has 1 N–H and O–H groups in total. The van der Waals surface area contributed by atoms with Gasteiger partial charge < -0.3 is 15.0 Å². The van der Waals surface area contributed by atoms with Gasteiger partial charge in [0, 0.05) is 30.9 Å². The van der Waals surface area contributed by atoms with Crippen LogP contribution in [0.4, 0.5) is 5.69 Å². The van der Waals surface area contributed by atoms with E-state index in [-0.39, 0.29) is 35.8 Å². The molecule has 1 aliphatic heterocycles. The number of nitrogens with zero attached hydrogens (tertiary/aromatic N) is 5. The molecular formula is C23H26N6O4. The molecule has 172 valence electrons. The second kappa shape index (κ2) is 9.76. The summed E-state index contributed by atoms with van der Waals surface area (Å²) in [5.74, 6) is -0.759. The Labute approximate surface area is 191 Å². The first-order valence-corrected chi connectivity index (χ1v) is 10.9. The van der Waals surface area contributed by atoms with Crippen molar-refractivity contribution in [1.82, 2.24) is 24.5 Å². The SMILES string of the molecule is CC(C)c1c(C(=O)OCC(=O)N2CCC(C(=O)Nc3ccccc3)CC2)cnc2ncnn12. The highest BCUT2D eigenvalue weighted by atomic mass is 16.5. The Bertz CT molecular complexity index is 1150. The molecule has 1 aliphatic rings. The van der Waals surface area contributed by atoms with Crippen LogP contribution in [0, 0.1) is 5.92 Å². The molecule has 0 saturated carbocycles. The number of amides is 2. The fraction of sp³-hybridized carbons (Fsp3) is 0.391. The van der Waals surface area contributed by atoms with E-state index < -0.39 is 5.97 Å². The first-order valence-electron chi connectivity index (χ1n) is 10.9. The lowest BCUT2D eigenvalue weighted by atomic mass is 9.95. The number of rotatable bonds is 6. The van der Waals surface area contributed by atoms with Crippen molar-refractivity contribution in [2.45, 2.75) is 32.6 Å². The molecule has 0 spiro atoms. The van der Waals surface area contributed by atoms with Crippen molar-refractivity contribution in [2.24, 2.45) is 5.92 Å². The summed E-state index contributed by atoms with van der Waals surface area (Å²) < 4.78 is 6.81. The highest BCUT2D eigenvalue weighted by molar-refractivity contribution is 5.93. The fourth-order valence-corrected chi connectivity index (χ4v) is 3.96. The summed E-state index contributed by atoms with van der Waals surface area (Å²) in [6, 6.07) is 9.29. The van der Waals surface area contributed by atoms with Gasteiger partial charge in [-0.25, -0.2) is 14.3 Å². The van der Waals surface area contributed by atoms with E-state index in [2.05, 4.69) is 20.4 Å². The van der Waals surface area contributed by atoms with E-state index in [0.717, 1.165) is 5.69 Å². The average molecular weight is 450 g/mol. The zero-order valence-corrected chi connectivity index (χ0v) is 18.6. The topological polar surface area (TPSA) is 119 Å². The minimum atomic E-state index is -0.630. The summed E-state index contributed by atoms with van der Waals surface area (Å²) in [5.41, 5.74) is 1.64. The predicted octanol–water partition coefficient (Wildman–Crippen LogP) is 2.28. The normalized spacial score (nSPS) is 14.5. The number of hydrogen-bond donors (Lipinski definition) is 1. The van der Waals surface area contributed by atoms with Crippen molar-refractivity contribution in [2.75, 3.05) is 25.0 Å². The Balaban J connectivity index is 1.30. The van der Waals surface area contributed by atoms with Crippen molar-refractivity contribution in [3.8, 4) is 0 Å². The van der Waals surface area contributed by atoms with Gasteiger partial charge in [-0.1, -0.05) is 32.0 Å². The van der Waals surface area contributed by atoms with Crippen LogP contribution in [0.5, 0.6) is 0 Å². The quantitative estimate of drug-likeness (QED) is 0.572. The minimum absolute atomic E-state index is 0.0310. The Hall–Kier alpha value is -3.82. The van der Waals surface area contributed by atoms with Crippen LogP contribution in [0.3, 0.4) is 0 Å². The predicted molar refractivity (Wildman–Crippen MR) is 120 cm³/mol. The van der Waals surface area contributed by atoms with Crippen molar-refractivity contribution in [3.05, 3.63) is 54.1 Å². The van der Waals surface area contributed by atoms with Gasteiger partial charge in [-0.05, 0) is 30.9 Å². The maximum absolute atomic E-state index is 12.7. The van der Waals surface area contributed by atoms with Gasteiger partial charge in [-0.15, -0.1) is 0 Å². The number of carbonyl (C=O) groups is 3. The number of anilines is 1. The summed E-state index contributed by atoms with van der Waals surface area (Å²) in [6.07, 6.45) is 3.89. The minimum Gasteiger partial charge on any atom is -0.452 e. The van der Waals surface area contributed by atoms with Crippen LogP contribution >= 0.6 is 0 Å². The van der Waals surface area contributed by atoms with Crippen molar-refractivity contribution in [1.29, 1.82) is 0 Å². The van der Waals surface area contributed by atoms with Gasteiger partial charge >= 0.3 is 5.97 Å². The number of nitrogens with one attached hydrogen (secondary N) is 1. The molecule has 1 aromatic carbocycles. The molecule has 3 aromatic rings. The molecule has 4 rings (SSSR count). The summed E-state index contributed by atoms with van der Waals surface area (Å²) in [5, 5.41) is 7.04. The second-order valence-electron chi connectivity index (χ2n) is 8.27. The third-order valence-electron chi connectivity index (χ3n) is 5.70. The van der Waals surface area contributed by atoms with Crippen molar-refractivity contribution < 1.29 is 19.1 Å². The van der Waals surface area contributed by atoms with E-state index in [1.54, 1.807) is 4.90 Å². The van der Waals surface area contributed by atoms with Crippen LogP contribution in [0.2, 0.25) is 0 Å². The zero-order valence-electron chi connectivity index (χ0n) is 18.6. The Morgan fingerprint density at radius 1 is 1.12 bits per heavy atom. The van der Waals surface area contributed by atoms with E-state index in [1.165, 1.54) is 17.0 Å². The monoisotopic (exact) mass is 450 g/mol. The Morgan fingerprint density at radius 2 is 1.85 bits per heavy atom. The molecule has 1 saturated heterocycles. The first-order chi connectivity index (χ1) is 15.9. The highest BCUT2D eigenvalue weighted by Crippen LogP contribution is 2.21. The van der Waals surface area contributed by atoms with Gasteiger partial charge in [0.05, 0.1) is 11.3 Å². The van der Waals surface area contributed by atoms with Crippen molar-refractivity contribution in [3.63, 3.8) is 0 Å². The number of hydrogen-bond acceptors (Lipinski definition) is 7. The van der Waals surface area contributed by atoms with E-state index in [0.29, 0.717) is 37.4 Å². The van der Waals surface area contributed by atoms with Crippen molar-refractivity contribution >= 4 is 29.2 Å². The third-order valence-corrected chi connectivity index (χ3v) is 5.70. The molecular weight excluding hydrogens is 424 g/mol. The van der Waals surface area contributed by atoms with Gasteiger partial charge in [0.25, 0.3) is 11.7 Å². The molecule has 0 aliphatic carbocycles. The largest absolute Gasteiger partial charge is 0.452 e. The van der Waals surface area contributed by atoms with Gasteiger partial charge in [0.1, 0.15) is 6.33 Å². The fourth-order valence-electron chi connectivity index (χ4n) is 3.96. The van der Waals surface area contributed by atoms with E-state index in [1.807, 2.05) is 44.2 Å². The first kappa shape index (κ1) is 22.4. The van der Waals surface area contributed by atoms with E-state index in [4.69, 9.17) is 4.74 Å². The average Bonchev–Trinajstić information content (AvgIpc) is 3.31. The summed E-state index contributed by atoms with van der Waals surface area (Å²) in [4.78, 5) is 47.6. The van der Waals surface area contributed by atoms with Gasteiger partial charge in [0.15, 0.2) is 6.61 Å². The number of para-hydroxylation sites is 1. The van der Waals surface area contributed by atoms with Crippen LogP contribution in [-0.4, -0.2) is 62.0 Å². The molecule has 33 heavy (non-hydrogen) atoms. The molecule has 0 atom stereocenters. The van der Waals surface area contributed by atoms with E-state index in [9.17, 15) is 14.4 Å². The Morgan fingerprint density at radius 3 is 2.55 bits per heavy atom. The van der Waals surface area contributed by atoms with Crippen LogP contribution in [0.15, 0.2) is 42.9 Å². The summed E-state index contributed by atoms with van der Waals surface area (Å²) in [7, 11) is 0. The molecule has 10 nitrogen and oxygen atoms in total. The van der Waals surface area contributed by atoms with Crippen LogP contribution in [0.1, 0.15) is 48.7 Å². The third kappa shape index (κ3) is 5.00.